The molecule has 0 saturated heterocycles. The standard InChI is InChI=1S/C20H23NO4/c1-21(14-8-9-18(24-3)19(11-14)25-4)20(22)17-12-16(17)13-6-5-7-15(10-13)23-2/h5-11,16-17H,12H2,1-4H3/t16-,17+/m1/s1. The van der Waals surface area contributed by atoms with Crippen molar-refractivity contribution in [2.24, 2.45) is 5.92 Å². The molecule has 0 bridgehead atoms. The molecule has 1 aliphatic carbocycles. The predicted octanol–water partition coefficient (Wildman–Crippen LogP) is 3.48. The minimum absolute atomic E-state index is 0.00482. The van der Waals surface area contributed by atoms with Crippen LogP contribution in [0.15, 0.2) is 42.5 Å². The van der Waals surface area contributed by atoms with Crippen LogP contribution in [0, 0.1) is 5.92 Å². The van der Waals surface area contributed by atoms with E-state index in [0.29, 0.717) is 11.5 Å². The summed E-state index contributed by atoms with van der Waals surface area (Å²) in [5.41, 5.74) is 1.94. The van der Waals surface area contributed by atoms with Crippen LogP contribution in [0.4, 0.5) is 5.69 Å². The van der Waals surface area contributed by atoms with Gasteiger partial charge in [-0.1, -0.05) is 12.1 Å². The Balaban J connectivity index is 1.73. The van der Waals surface area contributed by atoms with Gasteiger partial charge < -0.3 is 19.1 Å². The molecule has 1 aliphatic rings. The number of ether oxygens (including phenoxy) is 3. The maximum atomic E-state index is 12.8. The van der Waals surface area contributed by atoms with Gasteiger partial charge in [-0.05, 0) is 42.2 Å². The summed E-state index contributed by atoms with van der Waals surface area (Å²) in [6, 6.07) is 13.4. The third-order valence-electron chi connectivity index (χ3n) is 4.71. The molecule has 0 aromatic heterocycles. The van der Waals surface area contributed by atoms with E-state index in [1.165, 1.54) is 0 Å². The first-order chi connectivity index (χ1) is 12.1. The van der Waals surface area contributed by atoms with Crippen LogP contribution < -0.4 is 19.1 Å². The lowest BCUT2D eigenvalue weighted by Crippen LogP contribution is -2.28. The van der Waals surface area contributed by atoms with E-state index in [9.17, 15) is 4.79 Å². The average Bonchev–Trinajstić information content (AvgIpc) is 3.47. The number of carbonyl (C=O) groups is 1. The van der Waals surface area contributed by atoms with Crippen LogP contribution >= 0.6 is 0 Å². The number of anilines is 1. The minimum Gasteiger partial charge on any atom is -0.497 e. The van der Waals surface area contributed by atoms with Crippen LogP contribution in [-0.2, 0) is 4.79 Å². The molecule has 5 heteroatoms. The van der Waals surface area contributed by atoms with Gasteiger partial charge in [-0.15, -0.1) is 0 Å². The van der Waals surface area contributed by atoms with E-state index >= 15 is 0 Å². The lowest BCUT2D eigenvalue weighted by atomic mass is 10.1. The molecule has 2 aromatic carbocycles. The van der Waals surface area contributed by atoms with Crippen molar-refractivity contribution in [1.29, 1.82) is 0 Å². The maximum Gasteiger partial charge on any atom is 0.230 e. The fourth-order valence-corrected chi connectivity index (χ4v) is 3.12. The molecule has 2 aromatic rings. The van der Waals surface area contributed by atoms with E-state index in [0.717, 1.165) is 23.4 Å². The molecule has 2 atom stereocenters. The van der Waals surface area contributed by atoms with Gasteiger partial charge in [-0.2, -0.15) is 0 Å². The van der Waals surface area contributed by atoms with Crippen molar-refractivity contribution >= 4 is 11.6 Å². The molecule has 1 saturated carbocycles. The number of carbonyl (C=O) groups excluding carboxylic acids is 1. The summed E-state index contributed by atoms with van der Waals surface area (Å²) >= 11 is 0. The molecule has 1 fully saturated rings. The Morgan fingerprint density at radius 1 is 1.00 bits per heavy atom. The fourth-order valence-electron chi connectivity index (χ4n) is 3.12. The normalized spacial score (nSPS) is 18.4. The van der Waals surface area contributed by atoms with Crippen LogP contribution in [0.2, 0.25) is 0 Å². The molecule has 0 aliphatic heterocycles. The molecule has 3 rings (SSSR count). The van der Waals surface area contributed by atoms with Crippen LogP contribution in [0.1, 0.15) is 17.9 Å². The highest BCUT2D eigenvalue weighted by Crippen LogP contribution is 2.49. The van der Waals surface area contributed by atoms with Crippen molar-refractivity contribution < 1.29 is 19.0 Å². The summed E-state index contributed by atoms with van der Waals surface area (Å²) < 4.78 is 15.8. The summed E-state index contributed by atoms with van der Waals surface area (Å²) in [5.74, 6) is 2.45. The molecule has 5 nitrogen and oxygen atoms in total. The molecule has 0 heterocycles. The Morgan fingerprint density at radius 3 is 2.44 bits per heavy atom. The molecule has 0 spiro atoms. The molecular formula is C20H23NO4. The summed E-state index contributed by atoms with van der Waals surface area (Å²) in [6.07, 6.45) is 0.865. The monoisotopic (exact) mass is 341 g/mol. The third-order valence-corrected chi connectivity index (χ3v) is 4.71. The Hall–Kier alpha value is -2.69. The van der Waals surface area contributed by atoms with Gasteiger partial charge in [0.2, 0.25) is 5.91 Å². The number of rotatable bonds is 6. The van der Waals surface area contributed by atoms with Gasteiger partial charge >= 0.3 is 0 Å². The molecule has 0 radical (unpaired) electrons. The van der Waals surface area contributed by atoms with Gasteiger partial charge in [0.1, 0.15) is 5.75 Å². The molecular weight excluding hydrogens is 318 g/mol. The quantitative estimate of drug-likeness (QED) is 0.807. The zero-order valence-electron chi connectivity index (χ0n) is 15.0. The number of hydrogen-bond acceptors (Lipinski definition) is 4. The van der Waals surface area contributed by atoms with Crippen LogP contribution in [0.5, 0.6) is 17.2 Å². The van der Waals surface area contributed by atoms with E-state index in [1.54, 1.807) is 33.3 Å². The van der Waals surface area contributed by atoms with Crippen molar-refractivity contribution in [2.75, 3.05) is 33.3 Å². The van der Waals surface area contributed by atoms with E-state index in [-0.39, 0.29) is 17.7 Å². The summed E-state index contributed by atoms with van der Waals surface area (Å²) in [7, 11) is 6.63. The smallest absolute Gasteiger partial charge is 0.230 e. The second-order valence-electron chi connectivity index (χ2n) is 6.16. The molecule has 0 unspecified atom stereocenters. The Kier molecular flexibility index (Phi) is 4.83. The highest BCUT2D eigenvalue weighted by Gasteiger charge is 2.45. The van der Waals surface area contributed by atoms with Gasteiger partial charge in [-0.25, -0.2) is 0 Å². The van der Waals surface area contributed by atoms with E-state index < -0.39 is 0 Å². The Labute approximate surface area is 148 Å². The minimum atomic E-state index is 0.00482. The lowest BCUT2D eigenvalue weighted by molar-refractivity contribution is -0.119. The number of benzene rings is 2. The third kappa shape index (κ3) is 3.40. The molecule has 25 heavy (non-hydrogen) atoms. The first-order valence-corrected chi connectivity index (χ1v) is 8.22. The predicted molar refractivity (Wildman–Crippen MR) is 96.8 cm³/mol. The van der Waals surface area contributed by atoms with E-state index in [1.807, 2.05) is 36.4 Å². The van der Waals surface area contributed by atoms with Crippen molar-refractivity contribution in [2.45, 2.75) is 12.3 Å². The summed E-state index contributed by atoms with van der Waals surface area (Å²) in [6.45, 7) is 0. The SMILES string of the molecule is COc1cccc([C@H]2C[C@@H]2C(=O)N(C)c2ccc(OC)c(OC)c2)c1. The van der Waals surface area contributed by atoms with Crippen molar-refractivity contribution in [3.8, 4) is 17.2 Å². The van der Waals surface area contributed by atoms with E-state index in [4.69, 9.17) is 14.2 Å². The van der Waals surface area contributed by atoms with Crippen LogP contribution in [0.25, 0.3) is 0 Å². The first kappa shape index (κ1) is 17.1. The van der Waals surface area contributed by atoms with Crippen LogP contribution in [-0.4, -0.2) is 34.3 Å². The number of nitrogens with zero attached hydrogens (tertiary/aromatic N) is 1. The number of methoxy groups -OCH3 is 3. The number of amides is 1. The van der Waals surface area contributed by atoms with Gasteiger partial charge in [0.25, 0.3) is 0 Å². The summed E-state index contributed by atoms with van der Waals surface area (Å²) in [4.78, 5) is 14.5. The topological polar surface area (TPSA) is 48.0 Å². The highest BCUT2D eigenvalue weighted by molar-refractivity contribution is 5.97. The summed E-state index contributed by atoms with van der Waals surface area (Å²) in [5, 5.41) is 0. The van der Waals surface area contributed by atoms with E-state index in [2.05, 4.69) is 6.07 Å². The second kappa shape index (κ2) is 7.05. The highest BCUT2D eigenvalue weighted by atomic mass is 16.5. The zero-order chi connectivity index (χ0) is 18.0. The second-order valence-corrected chi connectivity index (χ2v) is 6.16. The van der Waals surface area contributed by atoms with Gasteiger partial charge in [0, 0.05) is 24.7 Å². The molecule has 1 amide bonds. The fraction of sp³-hybridized carbons (Fsp3) is 0.350. The average molecular weight is 341 g/mol. The van der Waals surface area contributed by atoms with Gasteiger partial charge in [0.05, 0.1) is 21.3 Å². The van der Waals surface area contributed by atoms with Crippen molar-refractivity contribution in [3.63, 3.8) is 0 Å². The molecule has 132 valence electrons. The largest absolute Gasteiger partial charge is 0.497 e. The van der Waals surface area contributed by atoms with Crippen molar-refractivity contribution in [3.05, 3.63) is 48.0 Å². The van der Waals surface area contributed by atoms with Crippen molar-refractivity contribution in [1.82, 2.24) is 0 Å². The lowest BCUT2D eigenvalue weighted by Gasteiger charge is -2.19. The Bertz CT molecular complexity index is 774. The zero-order valence-corrected chi connectivity index (χ0v) is 15.0. The number of hydrogen-bond donors (Lipinski definition) is 0. The first-order valence-electron chi connectivity index (χ1n) is 8.22. The Morgan fingerprint density at radius 2 is 1.76 bits per heavy atom. The van der Waals surface area contributed by atoms with Gasteiger partial charge in [-0.3, -0.25) is 4.79 Å². The maximum absolute atomic E-state index is 12.8. The molecule has 0 N–H and O–H groups in total. The van der Waals surface area contributed by atoms with Gasteiger partial charge in [0.15, 0.2) is 11.5 Å². The van der Waals surface area contributed by atoms with Crippen LogP contribution in [0.3, 0.4) is 0 Å².